The van der Waals surface area contributed by atoms with Crippen LogP contribution in [0, 0.1) is 5.82 Å². The maximum atomic E-state index is 13.6. The van der Waals surface area contributed by atoms with Gasteiger partial charge in [0.1, 0.15) is 18.2 Å². The van der Waals surface area contributed by atoms with Crippen molar-refractivity contribution in [2.75, 3.05) is 27.2 Å². The molecule has 0 aliphatic carbocycles. The van der Waals surface area contributed by atoms with E-state index in [4.69, 9.17) is 4.74 Å². The summed E-state index contributed by atoms with van der Waals surface area (Å²) in [6.07, 6.45) is 1.46. The van der Waals surface area contributed by atoms with Gasteiger partial charge in [0.15, 0.2) is 0 Å². The molecule has 0 aliphatic rings. The van der Waals surface area contributed by atoms with Crippen LogP contribution >= 0.6 is 0 Å². The molecule has 21 heavy (non-hydrogen) atoms. The predicted molar refractivity (Wildman–Crippen MR) is 84.3 cm³/mol. The zero-order valence-corrected chi connectivity index (χ0v) is 12.7. The molecule has 2 aromatic rings. The van der Waals surface area contributed by atoms with Gasteiger partial charge in [0.2, 0.25) is 0 Å². The molecule has 0 spiro atoms. The highest BCUT2D eigenvalue weighted by Gasteiger charge is 2.06. The highest BCUT2D eigenvalue weighted by Crippen LogP contribution is 2.20. The third kappa shape index (κ3) is 4.87. The third-order valence-corrected chi connectivity index (χ3v) is 3.39. The normalized spacial score (nSPS) is 10.9. The Bertz CT molecular complexity index is 569. The molecule has 3 heteroatoms. The zero-order valence-electron chi connectivity index (χ0n) is 12.7. The Morgan fingerprint density at radius 1 is 0.905 bits per heavy atom. The molecule has 0 aliphatic heterocycles. The van der Waals surface area contributed by atoms with Gasteiger partial charge in [-0.25, -0.2) is 4.39 Å². The fraction of sp³-hybridized carbons (Fsp3) is 0.333. The number of rotatable bonds is 7. The maximum absolute atomic E-state index is 13.6. The number of nitrogens with zero attached hydrogens (tertiary/aromatic N) is 1. The van der Waals surface area contributed by atoms with Crippen molar-refractivity contribution in [3.8, 4) is 5.75 Å². The van der Waals surface area contributed by atoms with Crippen LogP contribution in [0.2, 0.25) is 0 Å². The van der Waals surface area contributed by atoms with Gasteiger partial charge in [0.25, 0.3) is 0 Å². The van der Waals surface area contributed by atoms with Gasteiger partial charge in [-0.2, -0.15) is 0 Å². The fourth-order valence-corrected chi connectivity index (χ4v) is 2.16. The predicted octanol–water partition coefficient (Wildman–Crippen LogP) is 3.55. The number of para-hydroxylation sites is 1. The average Bonchev–Trinajstić information content (AvgIpc) is 2.47. The standard InChI is InChI=1S/C18H22FNO/c1-20(2)13-14-21-18-10-6-4-8-16(18)12-11-15-7-3-5-9-17(15)19/h3-10H,11-14H2,1-2H3. The summed E-state index contributed by atoms with van der Waals surface area (Å²) in [7, 11) is 4.04. The minimum Gasteiger partial charge on any atom is -0.492 e. The smallest absolute Gasteiger partial charge is 0.126 e. The topological polar surface area (TPSA) is 12.5 Å². The summed E-state index contributed by atoms with van der Waals surface area (Å²) in [6.45, 7) is 1.53. The molecule has 0 saturated heterocycles. The summed E-state index contributed by atoms with van der Waals surface area (Å²) in [5, 5.41) is 0. The highest BCUT2D eigenvalue weighted by molar-refractivity contribution is 5.34. The van der Waals surface area contributed by atoms with E-state index in [-0.39, 0.29) is 5.82 Å². The van der Waals surface area contributed by atoms with Gasteiger partial charge in [-0.05, 0) is 50.2 Å². The van der Waals surface area contributed by atoms with Gasteiger partial charge in [-0.1, -0.05) is 36.4 Å². The number of hydrogen-bond acceptors (Lipinski definition) is 2. The first kappa shape index (κ1) is 15.5. The third-order valence-electron chi connectivity index (χ3n) is 3.39. The lowest BCUT2D eigenvalue weighted by Crippen LogP contribution is -2.19. The average molecular weight is 287 g/mol. The fourth-order valence-electron chi connectivity index (χ4n) is 2.16. The Kier molecular flexibility index (Phi) is 5.76. The molecule has 0 heterocycles. The second-order valence-electron chi connectivity index (χ2n) is 5.35. The van der Waals surface area contributed by atoms with Gasteiger partial charge in [-0.3, -0.25) is 0 Å². The monoisotopic (exact) mass is 287 g/mol. The first-order valence-corrected chi connectivity index (χ1v) is 7.25. The summed E-state index contributed by atoms with van der Waals surface area (Å²) in [4.78, 5) is 2.09. The molecule has 0 bridgehead atoms. The Morgan fingerprint density at radius 2 is 1.52 bits per heavy atom. The molecule has 0 aromatic heterocycles. The summed E-state index contributed by atoms with van der Waals surface area (Å²) in [6, 6.07) is 14.9. The lowest BCUT2D eigenvalue weighted by molar-refractivity contribution is 0.259. The van der Waals surface area contributed by atoms with Gasteiger partial charge in [0, 0.05) is 6.54 Å². The number of benzene rings is 2. The molecule has 0 radical (unpaired) electrons. The van der Waals surface area contributed by atoms with Crippen LogP contribution in [0.15, 0.2) is 48.5 Å². The molecule has 0 amide bonds. The van der Waals surface area contributed by atoms with E-state index in [0.717, 1.165) is 29.8 Å². The quantitative estimate of drug-likeness (QED) is 0.772. The number of aryl methyl sites for hydroxylation is 2. The van der Waals surface area contributed by atoms with Crippen LogP contribution in [0.4, 0.5) is 4.39 Å². The Labute approximate surface area is 126 Å². The van der Waals surface area contributed by atoms with Crippen molar-refractivity contribution in [3.63, 3.8) is 0 Å². The van der Waals surface area contributed by atoms with Crippen molar-refractivity contribution in [1.82, 2.24) is 4.90 Å². The summed E-state index contributed by atoms with van der Waals surface area (Å²) in [5.74, 6) is 0.763. The summed E-state index contributed by atoms with van der Waals surface area (Å²) < 4.78 is 19.5. The van der Waals surface area contributed by atoms with E-state index in [0.29, 0.717) is 13.0 Å². The molecule has 2 rings (SSSR count). The van der Waals surface area contributed by atoms with Crippen LogP contribution in [0.25, 0.3) is 0 Å². The molecular formula is C18H22FNO. The van der Waals surface area contributed by atoms with Gasteiger partial charge in [-0.15, -0.1) is 0 Å². The second kappa shape index (κ2) is 7.79. The Morgan fingerprint density at radius 3 is 2.24 bits per heavy atom. The number of hydrogen-bond donors (Lipinski definition) is 0. The molecule has 0 atom stereocenters. The molecule has 2 aromatic carbocycles. The van der Waals surface area contributed by atoms with Crippen molar-refractivity contribution in [3.05, 3.63) is 65.5 Å². The zero-order chi connectivity index (χ0) is 15.1. The maximum Gasteiger partial charge on any atom is 0.126 e. The molecule has 0 fully saturated rings. The van der Waals surface area contributed by atoms with Crippen molar-refractivity contribution < 1.29 is 9.13 Å². The van der Waals surface area contributed by atoms with E-state index in [1.165, 1.54) is 6.07 Å². The van der Waals surface area contributed by atoms with E-state index in [1.807, 2.05) is 50.5 Å². The van der Waals surface area contributed by atoms with Crippen LogP contribution in [-0.4, -0.2) is 32.1 Å². The van der Waals surface area contributed by atoms with Crippen LogP contribution in [-0.2, 0) is 12.8 Å². The Hall–Kier alpha value is -1.87. The second-order valence-corrected chi connectivity index (χ2v) is 5.35. The molecule has 0 unspecified atom stereocenters. The number of halogens is 1. The first-order chi connectivity index (χ1) is 10.2. The van der Waals surface area contributed by atoms with E-state index in [1.54, 1.807) is 6.07 Å². The van der Waals surface area contributed by atoms with Crippen LogP contribution in [0.3, 0.4) is 0 Å². The lowest BCUT2D eigenvalue weighted by atomic mass is 10.0. The first-order valence-electron chi connectivity index (χ1n) is 7.25. The van der Waals surface area contributed by atoms with E-state index >= 15 is 0 Å². The van der Waals surface area contributed by atoms with E-state index in [9.17, 15) is 4.39 Å². The van der Waals surface area contributed by atoms with Gasteiger partial charge < -0.3 is 9.64 Å². The van der Waals surface area contributed by atoms with Crippen molar-refractivity contribution in [2.45, 2.75) is 12.8 Å². The number of ether oxygens (including phenoxy) is 1. The molecule has 0 N–H and O–H groups in total. The van der Waals surface area contributed by atoms with E-state index in [2.05, 4.69) is 4.90 Å². The number of likely N-dealkylation sites (N-methyl/N-ethyl adjacent to an activating group) is 1. The lowest BCUT2D eigenvalue weighted by Gasteiger charge is -2.14. The van der Waals surface area contributed by atoms with Gasteiger partial charge in [0.05, 0.1) is 0 Å². The van der Waals surface area contributed by atoms with Crippen molar-refractivity contribution >= 4 is 0 Å². The minimum atomic E-state index is -0.136. The highest BCUT2D eigenvalue weighted by atomic mass is 19.1. The largest absolute Gasteiger partial charge is 0.492 e. The van der Waals surface area contributed by atoms with E-state index < -0.39 is 0 Å². The van der Waals surface area contributed by atoms with Crippen molar-refractivity contribution in [1.29, 1.82) is 0 Å². The summed E-state index contributed by atoms with van der Waals surface area (Å²) >= 11 is 0. The van der Waals surface area contributed by atoms with Crippen LogP contribution in [0.1, 0.15) is 11.1 Å². The molecular weight excluding hydrogens is 265 g/mol. The molecule has 2 nitrogen and oxygen atoms in total. The minimum absolute atomic E-state index is 0.136. The molecule has 112 valence electrons. The van der Waals surface area contributed by atoms with Crippen molar-refractivity contribution in [2.24, 2.45) is 0 Å². The van der Waals surface area contributed by atoms with Gasteiger partial charge >= 0.3 is 0 Å². The summed E-state index contributed by atoms with van der Waals surface area (Å²) in [5.41, 5.74) is 1.88. The Balaban J connectivity index is 1.98. The molecule has 0 saturated carbocycles. The van der Waals surface area contributed by atoms with Crippen LogP contribution < -0.4 is 4.74 Å². The van der Waals surface area contributed by atoms with Crippen LogP contribution in [0.5, 0.6) is 5.75 Å². The SMILES string of the molecule is CN(C)CCOc1ccccc1CCc1ccccc1F.